The molecule has 0 bridgehead atoms. The predicted octanol–water partition coefficient (Wildman–Crippen LogP) is 4.57. The van der Waals surface area contributed by atoms with E-state index in [9.17, 15) is 14.9 Å². The number of thiophene rings is 1. The van der Waals surface area contributed by atoms with E-state index in [1.165, 1.54) is 6.42 Å². The maximum atomic E-state index is 12.5. The van der Waals surface area contributed by atoms with Gasteiger partial charge in [-0.05, 0) is 73.8 Å². The zero-order valence-corrected chi connectivity index (χ0v) is 18.9. The van der Waals surface area contributed by atoms with E-state index in [0.717, 1.165) is 66.1 Å². The highest BCUT2D eigenvalue weighted by Crippen LogP contribution is 2.36. The van der Waals surface area contributed by atoms with Gasteiger partial charge in [-0.1, -0.05) is 6.07 Å². The Labute approximate surface area is 192 Å². The fraction of sp³-hybridized carbons (Fsp3) is 0.440. The lowest BCUT2D eigenvalue weighted by Crippen LogP contribution is -2.37. The first-order chi connectivity index (χ1) is 15.6. The van der Waals surface area contributed by atoms with Crippen LogP contribution >= 0.6 is 11.3 Å². The molecule has 1 fully saturated rings. The number of allylic oxidation sites excluding steroid dienone is 1. The Hall–Kier alpha value is -2.98. The largest absolute Gasteiger partial charge is 0.449 e. The minimum Gasteiger partial charge on any atom is -0.449 e. The number of amides is 1. The van der Waals surface area contributed by atoms with Gasteiger partial charge in [0.15, 0.2) is 5.78 Å². The van der Waals surface area contributed by atoms with Crippen LogP contribution in [0.3, 0.4) is 0 Å². The summed E-state index contributed by atoms with van der Waals surface area (Å²) in [4.78, 5) is 32.6. The molecule has 32 heavy (non-hydrogen) atoms. The summed E-state index contributed by atoms with van der Waals surface area (Å²) in [6.45, 7) is 1.99. The molecule has 1 atom stereocenters. The van der Waals surface area contributed by atoms with E-state index >= 15 is 0 Å². The minimum atomic E-state index is -0.203. The van der Waals surface area contributed by atoms with Gasteiger partial charge >= 0.3 is 6.09 Å². The first kappa shape index (κ1) is 22.2. The van der Waals surface area contributed by atoms with Gasteiger partial charge in [0.2, 0.25) is 0 Å². The second kappa shape index (κ2) is 10.6. The molecule has 3 heterocycles. The Bertz CT molecular complexity index is 1030. The highest BCUT2D eigenvalue weighted by molar-refractivity contribution is 7.12. The maximum absolute atomic E-state index is 12.5. The number of hydrogen-bond donors (Lipinski definition) is 0. The van der Waals surface area contributed by atoms with Gasteiger partial charge in [-0.3, -0.25) is 9.78 Å². The SMILES string of the molecule is N#Cc1c(CC(=O)/C=C/c2cccnc2)sc2c1CCC(COC(=O)N1CCCCC1)C2. The van der Waals surface area contributed by atoms with Crippen molar-refractivity contribution in [3.8, 4) is 6.07 Å². The quantitative estimate of drug-likeness (QED) is 0.604. The van der Waals surface area contributed by atoms with Crippen LogP contribution in [-0.2, 0) is 28.8 Å². The summed E-state index contributed by atoms with van der Waals surface area (Å²) in [6, 6.07) is 6.04. The number of hydrogen-bond acceptors (Lipinski definition) is 6. The molecule has 1 amide bonds. The molecule has 0 saturated carbocycles. The van der Waals surface area contributed by atoms with E-state index in [4.69, 9.17) is 4.74 Å². The van der Waals surface area contributed by atoms with Crippen LogP contribution < -0.4 is 0 Å². The number of aromatic nitrogens is 1. The second-order valence-electron chi connectivity index (χ2n) is 8.41. The molecule has 4 rings (SSSR count). The van der Waals surface area contributed by atoms with E-state index in [2.05, 4.69) is 11.1 Å². The molecule has 1 saturated heterocycles. The molecule has 2 aliphatic rings. The fourth-order valence-electron chi connectivity index (χ4n) is 4.35. The third kappa shape index (κ3) is 5.43. The third-order valence-corrected chi connectivity index (χ3v) is 7.34. The first-order valence-electron chi connectivity index (χ1n) is 11.2. The first-order valence-corrected chi connectivity index (χ1v) is 12.0. The van der Waals surface area contributed by atoms with Crippen molar-refractivity contribution in [1.29, 1.82) is 5.26 Å². The molecule has 0 radical (unpaired) electrons. The smallest absolute Gasteiger partial charge is 0.409 e. The van der Waals surface area contributed by atoms with Crippen molar-refractivity contribution in [3.63, 3.8) is 0 Å². The number of fused-ring (bicyclic) bond motifs is 1. The van der Waals surface area contributed by atoms with Crippen molar-refractivity contribution >= 4 is 29.3 Å². The molecule has 166 valence electrons. The number of carbonyl (C=O) groups excluding carboxylic acids is 2. The minimum absolute atomic E-state index is 0.0315. The van der Waals surface area contributed by atoms with E-state index in [-0.39, 0.29) is 24.2 Å². The summed E-state index contributed by atoms with van der Waals surface area (Å²) in [5.74, 6) is 0.228. The topological polar surface area (TPSA) is 83.3 Å². The normalized spacial score (nSPS) is 18.2. The van der Waals surface area contributed by atoms with Crippen LogP contribution in [0, 0.1) is 17.2 Å². The van der Waals surface area contributed by atoms with Crippen molar-refractivity contribution in [2.75, 3.05) is 19.7 Å². The summed E-state index contributed by atoms with van der Waals surface area (Å²) in [6.07, 6.45) is 12.5. The molecule has 6 nitrogen and oxygen atoms in total. The number of nitrogens with zero attached hydrogens (tertiary/aromatic N) is 3. The van der Waals surface area contributed by atoms with Crippen LogP contribution in [0.2, 0.25) is 0 Å². The van der Waals surface area contributed by atoms with E-state index < -0.39 is 0 Å². The molecule has 1 aliphatic heterocycles. The molecule has 1 unspecified atom stereocenters. The van der Waals surface area contributed by atoms with Crippen molar-refractivity contribution in [3.05, 3.63) is 57.0 Å². The number of nitriles is 1. The van der Waals surface area contributed by atoms with Crippen molar-refractivity contribution in [1.82, 2.24) is 9.88 Å². The lowest BCUT2D eigenvalue weighted by Gasteiger charge is -2.27. The molecule has 2 aromatic rings. The molecule has 7 heteroatoms. The predicted molar refractivity (Wildman–Crippen MR) is 123 cm³/mol. The highest BCUT2D eigenvalue weighted by atomic mass is 32.1. The van der Waals surface area contributed by atoms with Crippen LogP contribution in [0.1, 0.15) is 52.1 Å². The summed E-state index contributed by atoms with van der Waals surface area (Å²) in [5.41, 5.74) is 2.61. The molecular weight excluding hydrogens is 422 g/mol. The lowest BCUT2D eigenvalue weighted by molar-refractivity contribution is -0.113. The highest BCUT2D eigenvalue weighted by Gasteiger charge is 2.28. The summed E-state index contributed by atoms with van der Waals surface area (Å²) >= 11 is 1.56. The fourth-order valence-corrected chi connectivity index (χ4v) is 5.77. The number of ketones is 1. The van der Waals surface area contributed by atoms with Gasteiger partial charge in [0.05, 0.1) is 12.2 Å². The van der Waals surface area contributed by atoms with Crippen LogP contribution in [-0.4, -0.2) is 41.5 Å². The number of pyridine rings is 1. The van der Waals surface area contributed by atoms with Gasteiger partial charge in [0, 0.05) is 41.7 Å². The Balaban J connectivity index is 1.36. The molecule has 0 spiro atoms. The zero-order valence-electron chi connectivity index (χ0n) is 18.1. The van der Waals surface area contributed by atoms with Crippen LogP contribution in [0.4, 0.5) is 4.79 Å². The van der Waals surface area contributed by atoms with Crippen molar-refractivity contribution in [2.45, 2.75) is 44.9 Å². The number of ether oxygens (including phenoxy) is 1. The summed E-state index contributed by atoms with van der Waals surface area (Å²) < 4.78 is 5.60. The average Bonchev–Trinajstić information content (AvgIpc) is 3.18. The molecule has 0 N–H and O–H groups in total. The molecule has 2 aromatic heterocycles. The maximum Gasteiger partial charge on any atom is 0.409 e. The number of likely N-dealkylation sites (tertiary alicyclic amines) is 1. The third-order valence-electron chi connectivity index (χ3n) is 6.09. The van der Waals surface area contributed by atoms with E-state index in [1.807, 2.05) is 12.1 Å². The molecule has 1 aliphatic carbocycles. The van der Waals surface area contributed by atoms with Gasteiger partial charge in [-0.25, -0.2) is 4.79 Å². The van der Waals surface area contributed by atoms with Gasteiger partial charge in [-0.2, -0.15) is 5.26 Å². The van der Waals surface area contributed by atoms with Gasteiger partial charge < -0.3 is 9.64 Å². The van der Waals surface area contributed by atoms with Crippen molar-refractivity contribution < 1.29 is 14.3 Å². The van der Waals surface area contributed by atoms with Crippen LogP contribution in [0.5, 0.6) is 0 Å². The number of carbonyl (C=O) groups is 2. The Morgan fingerprint density at radius 1 is 1.31 bits per heavy atom. The summed E-state index contributed by atoms with van der Waals surface area (Å²) in [5, 5.41) is 9.71. The van der Waals surface area contributed by atoms with Crippen LogP contribution in [0.25, 0.3) is 6.08 Å². The lowest BCUT2D eigenvalue weighted by atomic mass is 9.87. The van der Waals surface area contributed by atoms with Crippen molar-refractivity contribution in [2.24, 2.45) is 5.92 Å². The zero-order chi connectivity index (χ0) is 22.3. The Morgan fingerprint density at radius 3 is 2.91 bits per heavy atom. The summed E-state index contributed by atoms with van der Waals surface area (Å²) in [7, 11) is 0. The van der Waals surface area contributed by atoms with E-state index in [0.29, 0.717) is 12.2 Å². The Morgan fingerprint density at radius 2 is 2.16 bits per heavy atom. The number of piperidine rings is 1. The standard InChI is InChI=1S/C25H27N3O3S/c26-15-22-21-9-7-19(17-31-25(30)28-11-2-1-3-12-28)13-23(21)32-24(22)14-20(29)8-6-18-5-4-10-27-16-18/h4-6,8,10,16,19H,1-3,7,9,11-14,17H2/b8-6+. The Kier molecular flexibility index (Phi) is 7.33. The van der Waals surface area contributed by atoms with Crippen LogP contribution in [0.15, 0.2) is 30.6 Å². The molecule has 0 aromatic carbocycles. The van der Waals surface area contributed by atoms with Gasteiger partial charge in [0.1, 0.15) is 6.07 Å². The second-order valence-corrected chi connectivity index (χ2v) is 9.60. The van der Waals surface area contributed by atoms with Gasteiger partial charge in [0.25, 0.3) is 0 Å². The monoisotopic (exact) mass is 449 g/mol. The molecular formula is C25H27N3O3S. The number of rotatable bonds is 6. The van der Waals surface area contributed by atoms with Gasteiger partial charge in [-0.15, -0.1) is 11.3 Å². The van der Waals surface area contributed by atoms with E-state index in [1.54, 1.807) is 40.8 Å². The average molecular weight is 450 g/mol.